The van der Waals surface area contributed by atoms with E-state index in [4.69, 9.17) is 0 Å². The van der Waals surface area contributed by atoms with Crippen molar-refractivity contribution in [2.45, 2.75) is 12.4 Å². The van der Waals surface area contributed by atoms with E-state index >= 15 is 0 Å². The lowest BCUT2D eigenvalue weighted by atomic mass is 10.1. The molecule has 0 unspecified atom stereocenters. The lowest BCUT2D eigenvalue weighted by molar-refractivity contribution is -0.143. The van der Waals surface area contributed by atoms with E-state index in [1.165, 1.54) is 0 Å². The summed E-state index contributed by atoms with van der Waals surface area (Å²) in [4.78, 5) is 0. The molecule has 1 aromatic rings. The van der Waals surface area contributed by atoms with Crippen molar-refractivity contribution in [3.8, 4) is 0 Å². The third-order valence-corrected chi connectivity index (χ3v) is 1.90. The largest absolute Gasteiger partial charge is 0.417 e. The van der Waals surface area contributed by atoms with Crippen LogP contribution in [0.3, 0.4) is 0 Å². The molecule has 0 N–H and O–H groups in total. The quantitative estimate of drug-likeness (QED) is 0.626. The maximum Gasteiger partial charge on any atom is 0.417 e. The summed E-state index contributed by atoms with van der Waals surface area (Å²) >= 11 is 2.54. The highest BCUT2D eigenvalue weighted by atomic mass is 79.9. The molecule has 0 heterocycles. The lowest BCUT2D eigenvalue weighted by Crippen LogP contribution is -2.10. The Bertz CT molecular complexity index is 332. The Labute approximate surface area is 89.0 Å². The van der Waals surface area contributed by atoms with Crippen LogP contribution in [0.1, 0.15) is 11.1 Å². The minimum atomic E-state index is -4.84. The lowest BCUT2D eigenvalue weighted by Gasteiger charge is -2.11. The second kappa shape index (κ2) is 3.70. The van der Waals surface area contributed by atoms with Crippen molar-refractivity contribution in [2.24, 2.45) is 0 Å². The van der Waals surface area contributed by atoms with Gasteiger partial charge in [-0.1, -0.05) is 15.9 Å². The summed E-state index contributed by atoms with van der Waals surface area (Å²) in [5, 5.41) is 0. The molecule has 0 saturated carbocycles. The fourth-order valence-corrected chi connectivity index (χ4v) is 1.31. The maximum atomic E-state index is 12.1. The van der Waals surface area contributed by atoms with Crippen LogP contribution in [-0.4, -0.2) is 0 Å². The van der Waals surface area contributed by atoms with Gasteiger partial charge in [0.2, 0.25) is 0 Å². The summed E-state index contributed by atoms with van der Waals surface area (Å²) in [7, 11) is 0. The third kappa shape index (κ3) is 3.12. The second-order valence-corrected chi connectivity index (χ2v) is 3.48. The molecule has 83 valence electrons. The Kier molecular flexibility index (Phi) is 3.04. The summed E-state index contributed by atoms with van der Waals surface area (Å²) in [6, 6.07) is 2.31. The summed E-state index contributed by atoms with van der Waals surface area (Å²) in [5.41, 5.74) is -2.82. The zero-order valence-corrected chi connectivity index (χ0v) is 8.39. The molecule has 15 heavy (non-hydrogen) atoms. The minimum absolute atomic E-state index is 0.0186. The van der Waals surface area contributed by atoms with E-state index < -0.39 is 23.5 Å². The molecular weight excluding hydrogens is 290 g/mol. The Hall–Kier alpha value is -0.720. The Morgan fingerprint density at radius 2 is 1.47 bits per heavy atom. The third-order valence-electron chi connectivity index (χ3n) is 1.47. The van der Waals surface area contributed by atoms with Gasteiger partial charge in [-0.25, -0.2) is 0 Å². The van der Waals surface area contributed by atoms with Crippen LogP contribution in [0.15, 0.2) is 16.6 Å². The van der Waals surface area contributed by atoms with Gasteiger partial charge in [0.05, 0.1) is 11.1 Å². The van der Waals surface area contributed by atoms with Crippen LogP contribution in [0.5, 0.6) is 0 Å². The molecule has 0 nitrogen and oxygen atoms in total. The van der Waals surface area contributed by atoms with Gasteiger partial charge < -0.3 is 0 Å². The summed E-state index contributed by atoms with van der Waals surface area (Å²) in [6.07, 6.45) is -9.65. The molecule has 0 fully saturated rings. The van der Waals surface area contributed by atoms with E-state index in [9.17, 15) is 26.3 Å². The standard InChI is InChI=1S/C8H2BrF6/c9-6-2-4(7(10,11)12)1-5(3-6)8(13,14)15/h1-2H. The maximum absolute atomic E-state index is 12.1. The minimum Gasteiger partial charge on any atom is -0.166 e. The number of alkyl halides is 6. The predicted octanol–water partition coefficient (Wildman–Crippen LogP) is 4.29. The first kappa shape index (κ1) is 12.4. The van der Waals surface area contributed by atoms with Crippen molar-refractivity contribution in [1.82, 2.24) is 0 Å². The van der Waals surface area contributed by atoms with Crippen molar-refractivity contribution in [1.29, 1.82) is 0 Å². The smallest absolute Gasteiger partial charge is 0.166 e. The van der Waals surface area contributed by atoms with Gasteiger partial charge in [0, 0.05) is 10.5 Å². The molecule has 0 aliphatic heterocycles. The van der Waals surface area contributed by atoms with Gasteiger partial charge in [0.15, 0.2) is 0 Å². The second-order valence-electron chi connectivity index (χ2n) is 2.63. The number of benzene rings is 1. The Balaban J connectivity index is 3.30. The summed E-state index contributed by atoms with van der Waals surface area (Å²) in [5.74, 6) is 0. The van der Waals surface area contributed by atoms with Crippen molar-refractivity contribution >= 4 is 15.9 Å². The van der Waals surface area contributed by atoms with Gasteiger partial charge in [-0.15, -0.1) is 0 Å². The monoisotopic (exact) mass is 291 g/mol. The average molecular weight is 292 g/mol. The van der Waals surface area contributed by atoms with E-state index in [2.05, 4.69) is 15.9 Å². The van der Waals surface area contributed by atoms with Crippen molar-refractivity contribution < 1.29 is 26.3 Å². The zero-order valence-electron chi connectivity index (χ0n) is 6.80. The first-order valence-electron chi connectivity index (χ1n) is 3.48. The van der Waals surface area contributed by atoms with Crippen molar-refractivity contribution in [3.05, 3.63) is 33.8 Å². The highest BCUT2D eigenvalue weighted by molar-refractivity contribution is 9.10. The molecule has 1 radical (unpaired) electrons. The number of rotatable bonds is 0. The van der Waals surface area contributed by atoms with E-state index in [0.717, 1.165) is 0 Å². The number of halogens is 7. The van der Waals surface area contributed by atoms with Crippen LogP contribution in [0.25, 0.3) is 0 Å². The Morgan fingerprint density at radius 3 is 1.87 bits per heavy atom. The highest BCUT2D eigenvalue weighted by Gasteiger charge is 2.36. The Morgan fingerprint density at radius 1 is 0.933 bits per heavy atom. The van der Waals surface area contributed by atoms with Crippen molar-refractivity contribution in [2.75, 3.05) is 0 Å². The molecule has 0 aliphatic carbocycles. The molecule has 0 aliphatic rings. The zero-order chi connectivity index (χ0) is 11.9. The fourth-order valence-electron chi connectivity index (χ4n) is 0.851. The summed E-state index contributed by atoms with van der Waals surface area (Å²) in [6.45, 7) is 0. The van der Waals surface area contributed by atoms with E-state index in [1.54, 1.807) is 6.07 Å². The molecule has 1 rings (SSSR count). The average Bonchev–Trinajstić information content (AvgIpc) is 1.99. The van der Waals surface area contributed by atoms with E-state index in [-0.39, 0.29) is 10.5 Å². The topological polar surface area (TPSA) is 0 Å². The van der Waals surface area contributed by atoms with Crippen LogP contribution in [0.4, 0.5) is 26.3 Å². The molecule has 0 amide bonds. The van der Waals surface area contributed by atoms with Gasteiger partial charge in [-0.2, -0.15) is 26.3 Å². The molecule has 0 aromatic heterocycles. The van der Waals surface area contributed by atoms with Crippen molar-refractivity contribution in [3.63, 3.8) is 0 Å². The van der Waals surface area contributed by atoms with Crippen LogP contribution < -0.4 is 0 Å². The van der Waals surface area contributed by atoms with E-state index in [1.807, 2.05) is 0 Å². The number of hydrogen-bond donors (Lipinski definition) is 0. The van der Waals surface area contributed by atoms with Crippen LogP contribution in [0, 0.1) is 6.07 Å². The van der Waals surface area contributed by atoms with Gasteiger partial charge in [-0.05, 0) is 12.1 Å². The SMILES string of the molecule is FC(F)(F)c1[c]c(Br)cc(C(F)(F)F)c1. The molecule has 0 bridgehead atoms. The molecule has 0 saturated heterocycles. The fraction of sp³-hybridized carbons (Fsp3) is 0.250. The van der Waals surface area contributed by atoms with Gasteiger partial charge in [0.1, 0.15) is 0 Å². The van der Waals surface area contributed by atoms with Gasteiger partial charge in [-0.3, -0.25) is 0 Å². The molecule has 0 atom stereocenters. The first-order chi connectivity index (χ1) is 6.60. The van der Waals surface area contributed by atoms with Crippen LogP contribution in [0.2, 0.25) is 0 Å². The van der Waals surface area contributed by atoms with Gasteiger partial charge in [0.25, 0.3) is 0 Å². The number of hydrogen-bond acceptors (Lipinski definition) is 0. The first-order valence-corrected chi connectivity index (χ1v) is 4.27. The molecule has 0 spiro atoms. The van der Waals surface area contributed by atoms with Crippen LogP contribution >= 0.6 is 15.9 Å². The van der Waals surface area contributed by atoms with Gasteiger partial charge >= 0.3 is 12.4 Å². The summed E-state index contributed by atoms with van der Waals surface area (Å²) < 4.78 is 72.4. The molecule has 7 heteroatoms. The normalized spacial score (nSPS) is 13.0. The molecule has 1 aromatic carbocycles. The molecular formula is C8H2BrF6. The van der Waals surface area contributed by atoms with E-state index in [0.29, 0.717) is 6.07 Å². The highest BCUT2D eigenvalue weighted by Crippen LogP contribution is 2.36. The van der Waals surface area contributed by atoms with Crippen LogP contribution in [-0.2, 0) is 12.4 Å². The predicted molar refractivity (Wildman–Crippen MR) is 43.0 cm³/mol.